The average Bonchev–Trinajstić information content (AvgIpc) is 3.58. The van der Waals surface area contributed by atoms with Crippen LogP contribution in [-0.4, -0.2) is 43.9 Å². The zero-order valence-electron chi connectivity index (χ0n) is 19.9. The molecular weight excluding hydrogens is 420 g/mol. The lowest BCUT2D eigenvalue weighted by Gasteiger charge is -2.21. The Bertz CT molecular complexity index is 935. The van der Waals surface area contributed by atoms with E-state index >= 15 is 0 Å². The van der Waals surface area contributed by atoms with Crippen molar-refractivity contribution in [2.45, 2.75) is 89.9 Å². The molecule has 8 nitrogen and oxygen atoms in total. The fourth-order valence-electron chi connectivity index (χ4n) is 6.07. The number of hydrogen-bond donors (Lipinski definition) is 1. The number of aromatic nitrogens is 4. The summed E-state index contributed by atoms with van der Waals surface area (Å²) in [7, 11) is 0. The van der Waals surface area contributed by atoms with E-state index in [1.54, 1.807) is 18.5 Å². The molecule has 6 atom stereocenters. The predicted octanol–water partition coefficient (Wildman–Crippen LogP) is 5.21. The van der Waals surface area contributed by atoms with Crippen LogP contribution in [0, 0.1) is 23.7 Å². The van der Waals surface area contributed by atoms with Gasteiger partial charge in [0, 0.05) is 18.3 Å². The highest BCUT2D eigenvalue weighted by Gasteiger charge is 2.42. The highest BCUT2D eigenvalue weighted by Crippen LogP contribution is 2.46. The van der Waals surface area contributed by atoms with Gasteiger partial charge in [-0.1, -0.05) is 0 Å². The highest BCUT2D eigenvalue weighted by molar-refractivity contribution is 5.69. The summed E-state index contributed by atoms with van der Waals surface area (Å²) >= 11 is 0. The van der Waals surface area contributed by atoms with Crippen molar-refractivity contribution in [3.05, 3.63) is 24.5 Å². The number of rotatable bonds is 4. The quantitative estimate of drug-likeness (QED) is 0.679. The van der Waals surface area contributed by atoms with E-state index < -0.39 is 11.7 Å². The molecule has 0 aromatic carbocycles. The van der Waals surface area contributed by atoms with Gasteiger partial charge in [0.1, 0.15) is 17.8 Å². The minimum absolute atomic E-state index is 0.274. The number of nitrogens with one attached hydrogen (secondary N) is 1. The van der Waals surface area contributed by atoms with Gasteiger partial charge < -0.3 is 14.2 Å². The molecule has 4 saturated carbocycles. The van der Waals surface area contributed by atoms with E-state index in [0.29, 0.717) is 17.9 Å². The van der Waals surface area contributed by atoms with E-state index in [1.165, 1.54) is 49.6 Å². The van der Waals surface area contributed by atoms with E-state index in [1.807, 2.05) is 26.8 Å². The van der Waals surface area contributed by atoms with Gasteiger partial charge in [0.2, 0.25) is 11.8 Å². The van der Waals surface area contributed by atoms with Gasteiger partial charge in [-0.05, 0) is 95.8 Å². The molecule has 2 aromatic rings. The molecule has 0 aliphatic heterocycles. The number of ether oxygens (including phenoxy) is 3. The second-order valence-electron chi connectivity index (χ2n) is 11.2. The summed E-state index contributed by atoms with van der Waals surface area (Å²) in [5.74, 6) is 4.61. The molecule has 0 radical (unpaired) electrons. The topological polar surface area (TPSA) is 91.3 Å². The van der Waals surface area contributed by atoms with Crippen molar-refractivity contribution < 1.29 is 19.0 Å². The molecule has 180 valence electrons. The van der Waals surface area contributed by atoms with Crippen molar-refractivity contribution >= 4 is 6.09 Å². The summed E-state index contributed by atoms with van der Waals surface area (Å²) < 4.78 is 18.2. The summed E-state index contributed by atoms with van der Waals surface area (Å²) in [4.78, 5) is 11.9. The minimum Gasteiger partial charge on any atom is -0.474 e. The van der Waals surface area contributed by atoms with Crippen LogP contribution in [0.4, 0.5) is 4.79 Å². The number of carbonyl (C=O) groups excluding carboxylic acids is 1. The van der Waals surface area contributed by atoms with Crippen molar-refractivity contribution in [3.63, 3.8) is 0 Å². The van der Waals surface area contributed by atoms with Gasteiger partial charge in [-0.15, -0.1) is 5.10 Å². The van der Waals surface area contributed by atoms with E-state index in [2.05, 4.69) is 15.3 Å². The first-order valence-corrected chi connectivity index (χ1v) is 12.4. The van der Waals surface area contributed by atoms with Crippen molar-refractivity contribution in [1.29, 1.82) is 0 Å². The Morgan fingerprint density at radius 2 is 1.64 bits per heavy atom. The molecule has 0 amide bonds. The van der Waals surface area contributed by atoms with Gasteiger partial charge in [-0.2, -0.15) is 9.78 Å². The van der Waals surface area contributed by atoms with E-state index in [0.717, 1.165) is 30.1 Å². The average molecular weight is 457 g/mol. The van der Waals surface area contributed by atoms with Crippen LogP contribution >= 0.6 is 0 Å². The molecule has 6 rings (SSSR count). The Hall–Kier alpha value is -2.51. The summed E-state index contributed by atoms with van der Waals surface area (Å²) in [6.07, 6.45) is 14.1. The highest BCUT2D eigenvalue weighted by atomic mass is 16.6. The Morgan fingerprint density at radius 3 is 2.15 bits per heavy atom. The third-order valence-corrected chi connectivity index (χ3v) is 7.52. The first kappa shape index (κ1) is 22.3. The first-order chi connectivity index (χ1) is 15.8. The molecule has 2 aromatic heterocycles. The van der Waals surface area contributed by atoms with Crippen LogP contribution in [0.1, 0.15) is 72.1 Å². The van der Waals surface area contributed by atoms with Crippen LogP contribution in [0.15, 0.2) is 24.5 Å². The van der Waals surface area contributed by atoms with Crippen molar-refractivity contribution in [3.8, 4) is 11.8 Å². The largest absolute Gasteiger partial charge is 0.474 e. The molecule has 4 fully saturated rings. The second-order valence-corrected chi connectivity index (χ2v) is 11.2. The minimum atomic E-state index is -0.519. The third kappa shape index (κ3) is 5.36. The van der Waals surface area contributed by atoms with Gasteiger partial charge in [-0.3, -0.25) is 0 Å². The van der Waals surface area contributed by atoms with Crippen LogP contribution in [-0.2, 0) is 4.74 Å². The zero-order valence-corrected chi connectivity index (χ0v) is 19.9. The van der Waals surface area contributed by atoms with E-state index in [-0.39, 0.29) is 6.10 Å². The standard InChI is InChI=1S/C15H22N2O3.C10H14N2O/c1-15(2,3)20-14(18)17-7-6-13(16-17)19-12-9-10-4-5-11(12)8-10;1-2-8-5-7(1)6-9(8)13-10-3-4-11-12-10/h6-7,10-12H,4-5,8-9H2,1-3H3;3-4,7-9H,1-2,5-6H2,(H,11,12)/t10-,11+,12+;7-,8+,9+/m11/s1. The third-order valence-electron chi connectivity index (χ3n) is 7.52. The van der Waals surface area contributed by atoms with Crippen molar-refractivity contribution in [2.75, 3.05) is 0 Å². The number of nitrogens with zero attached hydrogens (tertiary/aromatic N) is 3. The lowest BCUT2D eigenvalue weighted by Crippen LogP contribution is -2.27. The molecule has 4 aliphatic rings. The summed E-state index contributed by atoms with van der Waals surface area (Å²) in [5.41, 5.74) is -0.519. The molecule has 0 spiro atoms. The van der Waals surface area contributed by atoms with Gasteiger partial charge in [0.15, 0.2) is 0 Å². The number of carbonyl (C=O) groups is 1. The molecule has 0 saturated heterocycles. The maximum absolute atomic E-state index is 11.9. The molecule has 0 unspecified atom stereocenters. The van der Waals surface area contributed by atoms with Gasteiger partial charge in [-0.25, -0.2) is 9.89 Å². The Kier molecular flexibility index (Phi) is 6.10. The zero-order chi connectivity index (χ0) is 23.0. The molecular formula is C25H36N4O4. The Morgan fingerprint density at radius 1 is 0.970 bits per heavy atom. The number of aromatic amines is 1. The Balaban J connectivity index is 0.000000151. The fraction of sp³-hybridized carbons (Fsp3) is 0.720. The summed E-state index contributed by atoms with van der Waals surface area (Å²) in [6, 6.07) is 3.63. The number of hydrogen-bond acceptors (Lipinski definition) is 6. The van der Waals surface area contributed by atoms with Crippen LogP contribution in [0.25, 0.3) is 0 Å². The van der Waals surface area contributed by atoms with Crippen LogP contribution < -0.4 is 9.47 Å². The second kappa shape index (κ2) is 9.03. The van der Waals surface area contributed by atoms with Crippen LogP contribution in [0.5, 0.6) is 11.8 Å². The molecule has 8 heteroatoms. The van der Waals surface area contributed by atoms with Crippen LogP contribution in [0.3, 0.4) is 0 Å². The van der Waals surface area contributed by atoms with Crippen molar-refractivity contribution in [2.24, 2.45) is 23.7 Å². The molecule has 1 N–H and O–H groups in total. The molecule has 4 aliphatic carbocycles. The predicted molar refractivity (Wildman–Crippen MR) is 122 cm³/mol. The lowest BCUT2D eigenvalue weighted by atomic mass is 9.98. The van der Waals surface area contributed by atoms with Gasteiger partial charge in [0.05, 0.1) is 6.20 Å². The maximum atomic E-state index is 11.9. The monoisotopic (exact) mass is 456 g/mol. The van der Waals surface area contributed by atoms with Crippen molar-refractivity contribution in [1.82, 2.24) is 20.0 Å². The normalized spacial score (nSPS) is 31.8. The molecule has 4 bridgehead atoms. The SMILES string of the molecule is CC(C)(C)OC(=O)n1ccc(O[C@H]2C[C@@H]3CC[C@H]2C3)n1.c1cc(O[C@H]2C[C@@H]3CC[C@H]2C3)[nH]n1. The first-order valence-electron chi connectivity index (χ1n) is 12.4. The fourth-order valence-corrected chi connectivity index (χ4v) is 6.07. The van der Waals surface area contributed by atoms with Gasteiger partial charge >= 0.3 is 6.09 Å². The Labute approximate surface area is 195 Å². The smallest absolute Gasteiger partial charge is 0.435 e. The number of fused-ring (bicyclic) bond motifs is 4. The number of H-pyrrole nitrogens is 1. The summed E-state index contributed by atoms with van der Waals surface area (Å²) in [6.45, 7) is 5.50. The lowest BCUT2D eigenvalue weighted by molar-refractivity contribution is 0.0507. The van der Waals surface area contributed by atoms with E-state index in [9.17, 15) is 4.79 Å². The van der Waals surface area contributed by atoms with Gasteiger partial charge in [0.25, 0.3) is 0 Å². The summed E-state index contributed by atoms with van der Waals surface area (Å²) in [5, 5.41) is 10.9. The maximum Gasteiger partial charge on any atom is 0.435 e. The molecule has 2 heterocycles. The van der Waals surface area contributed by atoms with Crippen LogP contribution in [0.2, 0.25) is 0 Å². The van der Waals surface area contributed by atoms with E-state index in [4.69, 9.17) is 14.2 Å². The molecule has 33 heavy (non-hydrogen) atoms.